The molecule has 2 aliphatic heterocycles. The number of ether oxygens (including phenoxy) is 1. The third kappa shape index (κ3) is 2.73. The molecule has 1 saturated carbocycles. The lowest BCUT2D eigenvalue weighted by Gasteiger charge is -2.24. The Balaban J connectivity index is 1.45. The van der Waals surface area contributed by atoms with E-state index in [1.807, 2.05) is 0 Å². The zero-order chi connectivity index (χ0) is 12.6. The van der Waals surface area contributed by atoms with Gasteiger partial charge in [-0.1, -0.05) is 12.8 Å². The Kier molecular flexibility index (Phi) is 3.41. The quantitative estimate of drug-likeness (QED) is 0.841. The van der Waals surface area contributed by atoms with Gasteiger partial charge in [0.1, 0.15) is 0 Å². The van der Waals surface area contributed by atoms with Crippen molar-refractivity contribution in [2.45, 2.75) is 62.7 Å². The molecule has 0 aromatic rings. The summed E-state index contributed by atoms with van der Waals surface area (Å²) in [7, 11) is -2.77. The summed E-state index contributed by atoms with van der Waals surface area (Å²) in [4.78, 5) is 0. The van der Waals surface area contributed by atoms with Crippen LogP contribution in [0.3, 0.4) is 0 Å². The van der Waals surface area contributed by atoms with Gasteiger partial charge >= 0.3 is 0 Å². The van der Waals surface area contributed by atoms with Gasteiger partial charge in [-0.25, -0.2) is 8.42 Å². The van der Waals surface area contributed by atoms with Crippen LogP contribution in [0.25, 0.3) is 0 Å². The average Bonchev–Trinajstić information content (AvgIpc) is 3.00. The van der Waals surface area contributed by atoms with Crippen LogP contribution in [-0.2, 0) is 14.6 Å². The van der Waals surface area contributed by atoms with Crippen molar-refractivity contribution < 1.29 is 13.2 Å². The van der Waals surface area contributed by atoms with Crippen molar-refractivity contribution in [1.82, 2.24) is 5.32 Å². The summed E-state index contributed by atoms with van der Waals surface area (Å²) in [6.07, 6.45) is 8.45. The van der Waals surface area contributed by atoms with Crippen LogP contribution in [0.1, 0.15) is 44.9 Å². The second kappa shape index (κ2) is 4.76. The molecule has 3 fully saturated rings. The highest BCUT2D eigenvalue weighted by atomic mass is 32.2. The Bertz CT molecular complexity index is 400. The summed E-state index contributed by atoms with van der Waals surface area (Å²) < 4.78 is 28.9. The van der Waals surface area contributed by atoms with Crippen molar-refractivity contribution in [3.63, 3.8) is 0 Å². The maximum absolute atomic E-state index is 11.4. The van der Waals surface area contributed by atoms with Gasteiger partial charge in [-0.3, -0.25) is 0 Å². The minimum atomic E-state index is -2.77. The summed E-state index contributed by atoms with van der Waals surface area (Å²) in [5, 5.41) is 3.38. The lowest BCUT2D eigenvalue weighted by molar-refractivity contribution is -0.0356. The second-order valence-electron chi connectivity index (χ2n) is 6.18. The first-order chi connectivity index (χ1) is 8.57. The molecule has 0 amide bonds. The fourth-order valence-corrected chi connectivity index (χ4v) is 5.39. The van der Waals surface area contributed by atoms with E-state index in [0.717, 1.165) is 19.4 Å². The number of rotatable bonds is 3. The first-order valence-corrected chi connectivity index (χ1v) is 9.01. The smallest absolute Gasteiger partial charge is 0.151 e. The SMILES string of the molecule is O=S1(=O)CCC(NCC2CCC3(CCCC3)O2)C1. The molecule has 1 N–H and O–H groups in total. The first kappa shape index (κ1) is 12.9. The van der Waals surface area contributed by atoms with E-state index in [2.05, 4.69) is 5.32 Å². The van der Waals surface area contributed by atoms with Gasteiger partial charge in [0.2, 0.25) is 0 Å². The molecule has 0 radical (unpaired) electrons. The van der Waals surface area contributed by atoms with Crippen LogP contribution in [0, 0.1) is 0 Å². The highest BCUT2D eigenvalue weighted by Crippen LogP contribution is 2.43. The average molecular weight is 273 g/mol. The molecule has 2 saturated heterocycles. The van der Waals surface area contributed by atoms with Crippen molar-refractivity contribution >= 4 is 9.84 Å². The number of sulfone groups is 1. The van der Waals surface area contributed by atoms with Crippen LogP contribution in [0.4, 0.5) is 0 Å². The maximum Gasteiger partial charge on any atom is 0.151 e. The van der Waals surface area contributed by atoms with Gasteiger partial charge in [0.15, 0.2) is 9.84 Å². The van der Waals surface area contributed by atoms with Crippen LogP contribution in [-0.4, -0.2) is 44.2 Å². The van der Waals surface area contributed by atoms with E-state index >= 15 is 0 Å². The Morgan fingerprint density at radius 3 is 2.61 bits per heavy atom. The highest BCUT2D eigenvalue weighted by Gasteiger charge is 2.42. The van der Waals surface area contributed by atoms with Crippen LogP contribution >= 0.6 is 0 Å². The monoisotopic (exact) mass is 273 g/mol. The Hall–Kier alpha value is -0.130. The van der Waals surface area contributed by atoms with Crippen molar-refractivity contribution in [3.05, 3.63) is 0 Å². The molecule has 2 heterocycles. The predicted molar refractivity (Wildman–Crippen MR) is 70.4 cm³/mol. The maximum atomic E-state index is 11.4. The normalized spacial score (nSPS) is 37.6. The third-order valence-corrected chi connectivity index (χ3v) is 6.49. The number of hydrogen-bond donors (Lipinski definition) is 1. The van der Waals surface area contributed by atoms with E-state index < -0.39 is 9.84 Å². The zero-order valence-electron chi connectivity index (χ0n) is 10.9. The van der Waals surface area contributed by atoms with E-state index in [0.29, 0.717) is 17.6 Å². The molecule has 3 aliphatic rings. The molecule has 0 bridgehead atoms. The van der Waals surface area contributed by atoms with Crippen molar-refractivity contribution in [2.75, 3.05) is 18.1 Å². The van der Waals surface area contributed by atoms with Gasteiger partial charge in [-0.05, 0) is 32.1 Å². The van der Waals surface area contributed by atoms with Crippen molar-refractivity contribution in [2.24, 2.45) is 0 Å². The van der Waals surface area contributed by atoms with Gasteiger partial charge in [-0.2, -0.15) is 0 Å². The molecular weight excluding hydrogens is 250 g/mol. The summed E-state index contributed by atoms with van der Waals surface area (Å²) in [5.41, 5.74) is 0.189. The largest absolute Gasteiger partial charge is 0.370 e. The molecule has 2 unspecified atom stereocenters. The number of nitrogens with one attached hydrogen (secondary N) is 1. The summed E-state index contributed by atoms with van der Waals surface area (Å²) in [6, 6.07) is 0.152. The molecule has 5 heteroatoms. The van der Waals surface area contributed by atoms with E-state index in [1.54, 1.807) is 0 Å². The molecule has 1 aliphatic carbocycles. The fourth-order valence-electron chi connectivity index (χ4n) is 3.68. The Morgan fingerprint density at radius 2 is 1.94 bits per heavy atom. The van der Waals surface area contributed by atoms with Crippen LogP contribution < -0.4 is 5.32 Å². The van der Waals surface area contributed by atoms with Crippen molar-refractivity contribution in [3.8, 4) is 0 Å². The van der Waals surface area contributed by atoms with Crippen LogP contribution in [0.2, 0.25) is 0 Å². The predicted octanol–water partition coefficient (Wildman–Crippen LogP) is 1.25. The molecular formula is C13H23NO3S. The minimum Gasteiger partial charge on any atom is -0.370 e. The second-order valence-corrected chi connectivity index (χ2v) is 8.41. The lowest BCUT2D eigenvalue weighted by atomic mass is 9.98. The molecule has 1 spiro atoms. The summed E-state index contributed by atoms with van der Waals surface area (Å²) in [6.45, 7) is 0.821. The topological polar surface area (TPSA) is 55.4 Å². The zero-order valence-corrected chi connectivity index (χ0v) is 11.7. The lowest BCUT2D eigenvalue weighted by Crippen LogP contribution is -2.37. The van der Waals surface area contributed by atoms with Gasteiger partial charge in [0, 0.05) is 12.6 Å². The standard InChI is InChI=1S/C13H23NO3S/c15-18(16)8-4-11(10-18)14-9-12-3-7-13(17-12)5-1-2-6-13/h11-12,14H,1-10H2. The number of hydrogen-bond acceptors (Lipinski definition) is 4. The van der Waals surface area contributed by atoms with E-state index in [-0.39, 0.29) is 11.6 Å². The molecule has 0 aromatic heterocycles. The van der Waals surface area contributed by atoms with Gasteiger partial charge in [0.25, 0.3) is 0 Å². The molecule has 2 atom stereocenters. The third-order valence-electron chi connectivity index (χ3n) is 4.72. The summed E-state index contributed by atoms with van der Waals surface area (Å²) in [5.74, 6) is 0.658. The van der Waals surface area contributed by atoms with E-state index in [1.165, 1.54) is 32.1 Å². The van der Waals surface area contributed by atoms with Crippen LogP contribution in [0.15, 0.2) is 0 Å². The summed E-state index contributed by atoms with van der Waals surface area (Å²) >= 11 is 0. The van der Waals surface area contributed by atoms with Gasteiger partial charge < -0.3 is 10.1 Å². The van der Waals surface area contributed by atoms with Gasteiger partial charge in [-0.15, -0.1) is 0 Å². The van der Waals surface area contributed by atoms with Crippen LogP contribution in [0.5, 0.6) is 0 Å². The molecule has 104 valence electrons. The van der Waals surface area contributed by atoms with Crippen molar-refractivity contribution in [1.29, 1.82) is 0 Å². The Morgan fingerprint density at radius 1 is 1.17 bits per heavy atom. The molecule has 0 aromatic carbocycles. The molecule has 4 nitrogen and oxygen atoms in total. The van der Waals surface area contributed by atoms with Gasteiger partial charge in [0.05, 0.1) is 23.2 Å². The highest BCUT2D eigenvalue weighted by molar-refractivity contribution is 7.91. The minimum absolute atomic E-state index is 0.152. The molecule has 18 heavy (non-hydrogen) atoms. The fraction of sp³-hybridized carbons (Fsp3) is 1.00. The van der Waals surface area contributed by atoms with E-state index in [4.69, 9.17) is 4.74 Å². The Labute approximate surface area is 109 Å². The molecule has 3 rings (SSSR count). The van der Waals surface area contributed by atoms with E-state index in [9.17, 15) is 8.42 Å². The first-order valence-electron chi connectivity index (χ1n) is 7.19.